The van der Waals surface area contributed by atoms with E-state index in [0.29, 0.717) is 18.4 Å². The van der Waals surface area contributed by atoms with Crippen LogP contribution in [0.15, 0.2) is 18.2 Å². The number of carbonyl (C=O) groups excluding carboxylic acids is 1. The third kappa shape index (κ3) is 5.76. The fourth-order valence-corrected chi connectivity index (χ4v) is 5.44. The van der Waals surface area contributed by atoms with Gasteiger partial charge in [-0.2, -0.15) is 0 Å². The highest BCUT2D eigenvalue weighted by molar-refractivity contribution is 5.71. The SMILES string of the molecule is CCCCC[C@H](O)CC[C@H]1[C@H](O)CC2Cc3c(cccc3OCC(=O)OCC)C[C@@H]21. The monoisotopic (exact) mass is 418 g/mol. The highest BCUT2D eigenvalue weighted by Crippen LogP contribution is 2.48. The van der Waals surface area contributed by atoms with Crippen molar-refractivity contribution in [2.24, 2.45) is 17.8 Å². The van der Waals surface area contributed by atoms with Crippen LogP contribution in [-0.2, 0) is 22.4 Å². The molecule has 0 bridgehead atoms. The number of aliphatic hydroxyl groups is 2. The summed E-state index contributed by atoms with van der Waals surface area (Å²) in [7, 11) is 0. The molecule has 1 aromatic carbocycles. The van der Waals surface area contributed by atoms with Gasteiger partial charge in [0, 0.05) is 0 Å². The van der Waals surface area contributed by atoms with Crippen molar-refractivity contribution in [2.45, 2.75) is 83.8 Å². The van der Waals surface area contributed by atoms with E-state index in [9.17, 15) is 15.0 Å². The second kappa shape index (κ2) is 11.1. The first kappa shape index (κ1) is 23.1. The van der Waals surface area contributed by atoms with Crippen LogP contribution in [-0.4, -0.2) is 41.6 Å². The number of hydrogen-bond acceptors (Lipinski definition) is 5. The molecule has 5 heteroatoms. The van der Waals surface area contributed by atoms with Gasteiger partial charge < -0.3 is 19.7 Å². The highest BCUT2D eigenvalue weighted by Gasteiger charge is 2.44. The van der Waals surface area contributed by atoms with Gasteiger partial charge >= 0.3 is 5.97 Å². The molecular formula is C25H38O5. The van der Waals surface area contributed by atoms with Crippen molar-refractivity contribution in [2.75, 3.05) is 13.2 Å². The standard InChI is InChI=1S/C25H38O5/c1-3-5-6-9-19(26)11-12-20-21-13-17-8-7-10-24(30-16-25(28)29-4-2)22(17)14-18(21)15-23(20)27/h7-8,10,18-21,23,26-27H,3-6,9,11-16H2,1-2H3/t18?,19-,20+,21-,23+/m0/s1. The molecule has 1 saturated carbocycles. The van der Waals surface area contributed by atoms with E-state index in [1.807, 2.05) is 12.1 Å². The van der Waals surface area contributed by atoms with Crippen LogP contribution in [0.5, 0.6) is 5.75 Å². The van der Waals surface area contributed by atoms with Crippen LogP contribution in [0.4, 0.5) is 0 Å². The Bertz CT molecular complexity index is 688. The van der Waals surface area contributed by atoms with Gasteiger partial charge in [-0.15, -0.1) is 0 Å². The number of fused-ring (bicyclic) bond motifs is 2. The molecule has 30 heavy (non-hydrogen) atoms. The van der Waals surface area contributed by atoms with Gasteiger partial charge in [0.05, 0.1) is 18.8 Å². The average molecular weight is 419 g/mol. The Morgan fingerprint density at radius 2 is 2.03 bits per heavy atom. The van der Waals surface area contributed by atoms with Gasteiger partial charge in [-0.05, 0) is 80.4 Å². The Labute approximate surface area is 180 Å². The first-order chi connectivity index (χ1) is 14.5. The van der Waals surface area contributed by atoms with Crippen molar-refractivity contribution in [1.29, 1.82) is 0 Å². The van der Waals surface area contributed by atoms with Crippen molar-refractivity contribution in [3.05, 3.63) is 29.3 Å². The molecule has 0 amide bonds. The normalized spacial score (nSPS) is 26.0. The van der Waals surface area contributed by atoms with Crippen LogP contribution < -0.4 is 4.74 Å². The molecule has 0 spiro atoms. The summed E-state index contributed by atoms with van der Waals surface area (Å²) in [6.45, 7) is 4.25. The van der Waals surface area contributed by atoms with Crippen molar-refractivity contribution >= 4 is 5.97 Å². The van der Waals surface area contributed by atoms with E-state index in [-0.39, 0.29) is 30.7 Å². The zero-order valence-corrected chi connectivity index (χ0v) is 18.5. The van der Waals surface area contributed by atoms with Gasteiger partial charge in [0.15, 0.2) is 6.61 Å². The smallest absolute Gasteiger partial charge is 0.344 e. The second-order valence-electron chi connectivity index (χ2n) is 9.01. The molecule has 0 aromatic heterocycles. The van der Waals surface area contributed by atoms with E-state index in [2.05, 4.69) is 13.0 Å². The van der Waals surface area contributed by atoms with Crippen molar-refractivity contribution in [3.63, 3.8) is 0 Å². The van der Waals surface area contributed by atoms with Gasteiger partial charge in [0.2, 0.25) is 0 Å². The van der Waals surface area contributed by atoms with E-state index in [1.165, 1.54) is 24.0 Å². The van der Waals surface area contributed by atoms with Crippen LogP contribution >= 0.6 is 0 Å². The van der Waals surface area contributed by atoms with Gasteiger partial charge in [-0.3, -0.25) is 0 Å². The minimum Gasteiger partial charge on any atom is -0.482 e. The molecule has 1 aromatic rings. The topological polar surface area (TPSA) is 76.0 Å². The molecule has 0 radical (unpaired) electrons. The number of hydrogen-bond donors (Lipinski definition) is 2. The van der Waals surface area contributed by atoms with Gasteiger partial charge in [-0.25, -0.2) is 4.79 Å². The van der Waals surface area contributed by atoms with Crippen molar-refractivity contribution in [1.82, 2.24) is 0 Å². The molecule has 5 nitrogen and oxygen atoms in total. The number of carbonyl (C=O) groups is 1. The molecule has 2 N–H and O–H groups in total. The molecule has 0 saturated heterocycles. The minimum absolute atomic E-state index is 0.0699. The van der Waals surface area contributed by atoms with Crippen LogP contribution in [0.25, 0.3) is 0 Å². The zero-order chi connectivity index (χ0) is 21.5. The Balaban J connectivity index is 1.60. The first-order valence-corrected chi connectivity index (χ1v) is 11.8. The predicted octanol–water partition coefficient (Wildman–Crippen LogP) is 4.06. The maximum absolute atomic E-state index is 11.7. The van der Waals surface area contributed by atoms with Crippen LogP contribution in [0.3, 0.4) is 0 Å². The summed E-state index contributed by atoms with van der Waals surface area (Å²) in [5.74, 6) is 1.56. The second-order valence-corrected chi connectivity index (χ2v) is 9.01. The third-order valence-corrected chi connectivity index (χ3v) is 6.97. The third-order valence-electron chi connectivity index (χ3n) is 6.97. The van der Waals surface area contributed by atoms with Crippen molar-refractivity contribution in [3.8, 4) is 5.75 Å². The van der Waals surface area contributed by atoms with E-state index in [0.717, 1.165) is 50.7 Å². The number of benzene rings is 1. The van der Waals surface area contributed by atoms with E-state index in [1.54, 1.807) is 6.92 Å². The van der Waals surface area contributed by atoms with Gasteiger partial charge in [0.1, 0.15) is 5.75 Å². The maximum atomic E-state index is 11.7. The van der Waals surface area contributed by atoms with Crippen LogP contribution in [0, 0.1) is 17.8 Å². The van der Waals surface area contributed by atoms with Crippen LogP contribution in [0.1, 0.15) is 69.9 Å². The molecule has 0 heterocycles. The predicted molar refractivity (Wildman–Crippen MR) is 116 cm³/mol. The summed E-state index contributed by atoms with van der Waals surface area (Å²) in [5.41, 5.74) is 2.44. The Morgan fingerprint density at radius 3 is 2.80 bits per heavy atom. The fourth-order valence-electron chi connectivity index (χ4n) is 5.44. The molecule has 0 aliphatic heterocycles. The number of ether oxygens (including phenoxy) is 2. The average Bonchev–Trinajstić information content (AvgIpc) is 3.03. The number of rotatable bonds is 11. The highest BCUT2D eigenvalue weighted by atomic mass is 16.6. The fraction of sp³-hybridized carbons (Fsp3) is 0.720. The molecule has 168 valence electrons. The zero-order valence-electron chi connectivity index (χ0n) is 18.5. The minimum atomic E-state index is -0.349. The largest absolute Gasteiger partial charge is 0.482 e. The number of unbranched alkanes of at least 4 members (excludes halogenated alkanes) is 2. The molecule has 3 rings (SSSR count). The Hall–Kier alpha value is -1.59. The summed E-state index contributed by atoms with van der Waals surface area (Å²) in [5, 5.41) is 21.1. The molecule has 1 fully saturated rings. The van der Waals surface area contributed by atoms with Crippen LogP contribution in [0.2, 0.25) is 0 Å². The lowest BCUT2D eigenvalue weighted by molar-refractivity contribution is -0.145. The summed E-state index contributed by atoms with van der Waals surface area (Å²) < 4.78 is 10.7. The van der Waals surface area contributed by atoms with Gasteiger partial charge in [0.25, 0.3) is 0 Å². The summed E-state index contributed by atoms with van der Waals surface area (Å²) in [6, 6.07) is 6.05. The molecule has 1 unspecified atom stereocenters. The van der Waals surface area contributed by atoms with Gasteiger partial charge in [-0.1, -0.05) is 38.3 Å². The van der Waals surface area contributed by atoms with E-state index in [4.69, 9.17) is 9.47 Å². The Morgan fingerprint density at radius 1 is 1.20 bits per heavy atom. The van der Waals surface area contributed by atoms with Crippen molar-refractivity contribution < 1.29 is 24.5 Å². The summed E-state index contributed by atoms with van der Waals surface area (Å²) in [4.78, 5) is 11.7. The lowest BCUT2D eigenvalue weighted by atomic mass is 9.73. The molecule has 2 aliphatic rings. The maximum Gasteiger partial charge on any atom is 0.344 e. The lowest BCUT2D eigenvalue weighted by Gasteiger charge is -2.32. The quantitative estimate of drug-likeness (QED) is 0.419. The first-order valence-electron chi connectivity index (χ1n) is 11.8. The lowest BCUT2D eigenvalue weighted by Crippen LogP contribution is -2.28. The molecule has 2 aliphatic carbocycles. The van der Waals surface area contributed by atoms with E-state index < -0.39 is 0 Å². The number of esters is 1. The molecular weight excluding hydrogens is 380 g/mol. The summed E-state index contributed by atoms with van der Waals surface area (Å²) in [6.07, 6.45) is 8.06. The molecule has 5 atom stereocenters. The Kier molecular flexibility index (Phi) is 8.58. The number of aliphatic hydroxyl groups excluding tert-OH is 2. The summed E-state index contributed by atoms with van der Waals surface area (Å²) >= 11 is 0. The van der Waals surface area contributed by atoms with E-state index >= 15 is 0 Å².